The summed E-state index contributed by atoms with van der Waals surface area (Å²) in [6.45, 7) is 10.6. The van der Waals surface area contributed by atoms with Crippen molar-refractivity contribution in [1.82, 2.24) is 0 Å². The second kappa shape index (κ2) is 7.71. The van der Waals surface area contributed by atoms with Crippen LogP contribution in [0, 0.1) is 0 Å². The highest BCUT2D eigenvalue weighted by Crippen LogP contribution is 2.42. The normalized spacial score (nSPS) is 12.0. The van der Waals surface area contributed by atoms with Crippen LogP contribution in [0.3, 0.4) is 0 Å². The first-order valence-electron chi connectivity index (χ1n) is 9.31. The second-order valence-electron chi connectivity index (χ2n) is 7.85. The molecule has 2 heteroatoms. The molecule has 0 radical (unpaired) electrons. The Labute approximate surface area is 163 Å². The third-order valence-corrected chi connectivity index (χ3v) is 8.07. The third-order valence-electron chi connectivity index (χ3n) is 5.00. The maximum Gasteiger partial charge on any atom is 0.171 e. The van der Waals surface area contributed by atoms with E-state index in [2.05, 4.69) is 39.5 Å². The van der Waals surface area contributed by atoms with Crippen molar-refractivity contribution in [3.05, 3.63) is 103 Å². The van der Waals surface area contributed by atoms with Gasteiger partial charge in [-0.2, -0.15) is 0 Å². The first kappa shape index (κ1) is 19.4. The Morgan fingerprint density at radius 3 is 1.59 bits per heavy atom. The van der Waals surface area contributed by atoms with Crippen molar-refractivity contribution in [2.24, 2.45) is 0 Å². The van der Waals surface area contributed by atoms with Crippen molar-refractivity contribution in [2.45, 2.75) is 32.6 Å². The van der Waals surface area contributed by atoms with Crippen LogP contribution in [-0.4, -0.2) is 0 Å². The van der Waals surface area contributed by atoms with Gasteiger partial charge in [-0.15, -0.1) is 6.58 Å². The van der Waals surface area contributed by atoms with Crippen LogP contribution in [0.5, 0.6) is 0 Å². The average Bonchev–Trinajstić information content (AvgIpc) is 2.68. The molecule has 0 atom stereocenters. The van der Waals surface area contributed by atoms with Gasteiger partial charge in [0, 0.05) is 15.9 Å². The molecule has 3 rings (SSSR count). The lowest BCUT2D eigenvalue weighted by atomic mass is 9.80. The molecule has 3 aromatic rings. The molecule has 1 nitrogen and oxygen atoms in total. The monoisotopic (exact) mass is 374 g/mol. The molecule has 0 heterocycles. The molecule has 0 amide bonds. The van der Waals surface area contributed by atoms with Gasteiger partial charge in [0.25, 0.3) is 0 Å². The van der Waals surface area contributed by atoms with Crippen LogP contribution in [0.25, 0.3) is 0 Å². The average molecular weight is 374 g/mol. The van der Waals surface area contributed by atoms with Crippen LogP contribution in [0.4, 0.5) is 0 Å². The van der Waals surface area contributed by atoms with Crippen molar-refractivity contribution in [1.29, 1.82) is 0 Å². The third kappa shape index (κ3) is 3.99. The molecule has 0 aliphatic carbocycles. The van der Waals surface area contributed by atoms with Gasteiger partial charge in [-0.25, -0.2) is 0 Å². The summed E-state index contributed by atoms with van der Waals surface area (Å²) < 4.78 is 14.3. The number of hydrogen-bond donors (Lipinski definition) is 0. The van der Waals surface area contributed by atoms with E-state index in [1.165, 1.54) is 11.1 Å². The smallest absolute Gasteiger partial charge is 0.171 e. The van der Waals surface area contributed by atoms with Crippen molar-refractivity contribution in [3.8, 4) is 0 Å². The minimum Gasteiger partial charge on any atom is -0.309 e. The van der Waals surface area contributed by atoms with Crippen LogP contribution in [0.1, 0.15) is 32.8 Å². The van der Waals surface area contributed by atoms with E-state index in [9.17, 15) is 4.57 Å². The van der Waals surface area contributed by atoms with Crippen LogP contribution < -0.4 is 15.9 Å². The summed E-state index contributed by atoms with van der Waals surface area (Å²) in [5, 5.41) is 2.60. The molecule has 0 saturated carbocycles. The van der Waals surface area contributed by atoms with E-state index < -0.39 is 7.14 Å². The molecular formula is C25H27OP. The Morgan fingerprint density at radius 1 is 0.778 bits per heavy atom. The SMILES string of the molecule is C=C(C)CC(C)(C)c1ccc(P(=O)(c2ccccc2)c2ccccc2)cc1. The first-order valence-corrected chi connectivity index (χ1v) is 11.0. The van der Waals surface area contributed by atoms with Crippen LogP contribution >= 0.6 is 7.14 Å². The van der Waals surface area contributed by atoms with Gasteiger partial charge in [0.05, 0.1) is 0 Å². The lowest BCUT2D eigenvalue weighted by Gasteiger charge is -2.27. The zero-order chi connectivity index (χ0) is 19.5. The Hall–Kier alpha value is -2.37. The Morgan fingerprint density at radius 2 is 1.19 bits per heavy atom. The largest absolute Gasteiger partial charge is 0.309 e. The molecule has 0 unspecified atom stereocenters. The molecule has 138 valence electrons. The molecule has 0 aliphatic rings. The summed E-state index contributed by atoms with van der Waals surface area (Å²) in [6, 6.07) is 27.9. The van der Waals surface area contributed by atoms with Gasteiger partial charge in [0.15, 0.2) is 7.14 Å². The fraction of sp³-hybridized carbons (Fsp3) is 0.200. The Kier molecular flexibility index (Phi) is 5.53. The van der Waals surface area contributed by atoms with Gasteiger partial charge in [0.1, 0.15) is 0 Å². The Balaban J connectivity index is 2.10. The van der Waals surface area contributed by atoms with E-state index in [1.54, 1.807) is 0 Å². The van der Waals surface area contributed by atoms with Gasteiger partial charge >= 0.3 is 0 Å². The van der Waals surface area contributed by atoms with E-state index in [4.69, 9.17) is 0 Å². The molecule has 0 spiro atoms. The van der Waals surface area contributed by atoms with Crippen LogP contribution in [0.2, 0.25) is 0 Å². The van der Waals surface area contributed by atoms with E-state index >= 15 is 0 Å². The summed E-state index contributed by atoms with van der Waals surface area (Å²) in [6.07, 6.45) is 0.932. The van der Waals surface area contributed by atoms with E-state index in [0.717, 1.165) is 22.3 Å². The van der Waals surface area contributed by atoms with E-state index in [-0.39, 0.29) is 5.41 Å². The highest BCUT2D eigenvalue weighted by atomic mass is 31.2. The minimum atomic E-state index is -2.89. The highest BCUT2D eigenvalue weighted by molar-refractivity contribution is 7.85. The van der Waals surface area contributed by atoms with E-state index in [0.29, 0.717) is 0 Å². The number of allylic oxidation sites excluding steroid dienone is 1. The molecule has 0 fully saturated rings. The molecular weight excluding hydrogens is 347 g/mol. The predicted octanol–water partition coefficient (Wildman–Crippen LogP) is 5.57. The molecule has 0 N–H and O–H groups in total. The van der Waals surface area contributed by atoms with Gasteiger partial charge in [-0.1, -0.05) is 104 Å². The Bertz CT molecular complexity index is 911. The van der Waals surface area contributed by atoms with Crippen LogP contribution in [-0.2, 0) is 9.98 Å². The van der Waals surface area contributed by atoms with Crippen molar-refractivity contribution in [3.63, 3.8) is 0 Å². The second-order valence-corrected chi connectivity index (χ2v) is 10.6. The summed E-state index contributed by atoms with van der Waals surface area (Å²) in [5.41, 5.74) is 2.42. The molecule has 0 aromatic heterocycles. The quantitative estimate of drug-likeness (QED) is 0.407. The molecule has 0 bridgehead atoms. The lowest BCUT2D eigenvalue weighted by molar-refractivity contribution is 0.520. The fourth-order valence-corrected chi connectivity index (χ4v) is 6.35. The lowest BCUT2D eigenvalue weighted by Crippen LogP contribution is -2.25. The first-order chi connectivity index (χ1) is 12.8. The van der Waals surface area contributed by atoms with Gasteiger partial charge in [-0.05, 0) is 24.3 Å². The summed E-state index contributed by atoms with van der Waals surface area (Å²) in [7, 11) is -2.89. The minimum absolute atomic E-state index is 0.00778. The summed E-state index contributed by atoms with van der Waals surface area (Å²) >= 11 is 0. The maximum absolute atomic E-state index is 14.3. The van der Waals surface area contributed by atoms with Gasteiger partial charge < -0.3 is 4.57 Å². The molecule has 3 aromatic carbocycles. The van der Waals surface area contributed by atoms with Crippen molar-refractivity contribution >= 4 is 23.1 Å². The topological polar surface area (TPSA) is 17.1 Å². The summed E-state index contributed by atoms with van der Waals surface area (Å²) in [5.74, 6) is 0. The maximum atomic E-state index is 14.3. The standard InChI is InChI=1S/C25H27OP/c1-20(2)19-25(3,4)21-15-17-24(18-16-21)27(26,22-11-7-5-8-12-22)23-13-9-6-10-14-23/h5-18H,1,19H2,2-4H3. The molecule has 0 aliphatic heterocycles. The summed E-state index contributed by atoms with van der Waals surface area (Å²) in [4.78, 5) is 0. The zero-order valence-electron chi connectivity index (χ0n) is 16.4. The number of benzene rings is 3. The van der Waals surface area contributed by atoms with Crippen LogP contribution in [0.15, 0.2) is 97.1 Å². The fourth-order valence-electron chi connectivity index (χ4n) is 3.70. The van der Waals surface area contributed by atoms with E-state index in [1.807, 2.05) is 72.8 Å². The highest BCUT2D eigenvalue weighted by Gasteiger charge is 2.30. The number of rotatable bonds is 6. The van der Waals surface area contributed by atoms with Crippen molar-refractivity contribution in [2.75, 3.05) is 0 Å². The predicted molar refractivity (Wildman–Crippen MR) is 118 cm³/mol. The molecule has 0 saturated heterocycles. The van der Waals surface area contributed by atoms with Gasteiger partial charge in [-0.3, -0.25) is 0 Å². The molecule has 27 heavy (non-hydrogen) atoms. The number of hydrogen-bond acceptors (Lipinski definition) is 1. The van der Waals surface area contributed by atoms with Gasteiger partial charge in [0.2, 0.25) is 0 Å². The zero-order valence-corrected chi connectivity index (χ0v) is 17.2. The van der Waals surface area contributed by atoms with Crippen molar-refractivity contribution < 1.29 is 4.57 Å².